The molecular formula is C24H24B2N4O2. The Morgan fingerprint density at radius 2 is 2.06 bits per heavy atom. The van der Waals surface area contributed by atoms with E-state index >= 15 is 0 Å². The zero-order valence-corrected chi connectivity index (χ0v) is 18.3. The molecule has 1 aromatic heterocycles. The zero-order chi connectivity index (χ0) is 22.7. The van der Waals surface area contributed by atoms with E-state index in [4.69, 9.17) is 35.9 Å². The van der Waals surface area contributed by atoms with Gasteiger partial charge in [-0.3, -0.25) is 4.98 Å². The largest absolute Gasteiger partial charge is 0.476 e. The molecule has 0 bridgehead atoms. The molecule has 32 heavy (non-hydrogen) atoms. The second-order valence-electron chi connectivity index (χ2n) is 9.45. The highest BCUT2D eigenvalue weighted by Gasteiger charge is 2.68. The Kier molecular flexibility index (Phi) is 4.69. The lowest BCUT2D eigenvalue weighted by atomic mass is 9.44. The number of pyridine rings is 1. The lowest BCUT2D eigenvalue weighted by Crippen LogP contribution is -2.60. The van der Waals surface area contributed by atoms with Gasteiger partial charge >= 0.3 is 0 Å². The normalized spacial score (nSPS) is 32.3. The molecule has 8 heteroatoms. The molecule has 4 radical (unpaired) electrons. The molecule has 1 fully saturated rings. The van der Waals surface area contributed by atoms with Crippen molar-refractivity contribution in [2.24, 2.45) is 22.1 Å². The van der Waals surface area contributed by atoms with Gasteiger partial charge in [0, 0.05) is 30.5 Å². The summed E-state index contributed by atoms with van der Waals surface area (Å²) in [5, 5.41) is 7.70. The first-order valence-corrected chi connectivity index (χ1v) is 10.9. The van der Waals surface area contributed by atoms with Crippen LogP contribution in [0.15, 0.2) is 41.7 Å². The van der Waals surface area contributed by atoms with Gasteiger partial charge in [0.05, 0.1) is 17.1 Å². The molecule has 2 spiro atoms. The van der Waals surface area contributed by atoms with Gasteiger partial charge in [-0.2, -0.15) is 5.26 Å². The minimum atomic E-state index is -1.58. The van der Waals surface area contributed by atoms with E-state index in [9.17, 15) is 5.26 Å². The quantitative estimate of drug-likeness (QED) is 0.752. The van der Waals surface area contributed by atoms with Gasteiger partial charge in [0.1, 0.15) is 27.3 Å². The molecule has 6 nitrogen and oxygen atoms in total. The Morgan fingerprint density at radius 3 is 2.72 bits per heavy atom. The minimum absolute atomic E-state index is 0.0160. The van der Waals surface area contributed by atoms with Crippen molar-refractivity contribution in [2.45, 2.75) is 49.6 Å². The molecule has 0 unspecified atom stereocenters. The Balaban J connectivity index is 1.69. The number of benzene rings is 1. The summed E-state index contributed by atoms with van der Waals surface area (Å²) in [6.45, 7) is 2.20. The molecule has 1 aromatic carbocycles. The average Bonchev–Trinajstić information content (AvgIpc) is 3.18. The van der Waals surface area contributed by atoms with Crippen LogP contribution in [0, 0.1) is 22.7 Å². The number of hydrogen-bond acceptors (Lipinski definition) is 6. The molecule has 5 rings (SSSR count). The summed E-state index contributed by atoms with van der Waals surface area (Å²) in [4.78, 5) is 9.07. The predicted octanol–water partition coefficient (Wildman–Crippen LogP) is 2.53. The fourth-order valence-electron chi connectivity index (χ4n) is 6.40. The molecule has 1 saturated carbocycles. The van der Waals surface area contributed by atoms with Crippen LogP contribution in [0.1, 0.15) is 42.9 Å². The van der Waals surface area contributed by atoms with Crippen LogP contribution in [0.3, 0.4) is 0 Å². The predicted molar refractivity (Wildman–Crippen MR) is 123 cm³/mol. The van der Waals surface area contributed by atoms with E-state index < -0.39 is 10.9 Å². The fraction of sp³-hybridized carbons (Fsp3) is 0.458. The molecular weight excluding hydrogens is 398 g/mol. The van der Waals surface area contributed by atoms with Crippen molar-refractivity contribution in [3.63, 3.8) is 0 Å². The second kappa shape index (κ2) is 7.11. The number of aromatic nitrogens is 1. The highest BCUT2D eigenvalue weighted by Crippen LogP contribution is 2.65. The highest BCUT2D eigenvalue weighted by molar-refractivity contribution is 6.41. The Morgan fingerprint density at radius 1 is 1.25 bits per heavy atom. The summed E-state index contributed by atoms with van der Waals surface area (Å²) in [5.41, 5.74) is 9.08. The van der Waals surface area contributed by atoms with Gasteiger partial charge in [-0.25, -0.2) is 4.99 Å². The number of nitrogens with two attached hydrogens (primary N) is 1. The van der Waals surface area contributed by atoms with Gasteiger partial charge in [-0.15, -0.1) is 0 Å². The van der Waals surface area contributed by atoms with E-state index in [2.05, 4.69) is 30.1 Å². The van der Waals surface area contributed by atoms with Gasteiger partial charge in [0.25, 0.3) is 6.02 Å². The van der Waals surface area contributed by atoms with E-state index in [1.807, 2.05) is 12.1 Å². The standard InChI is InChI=1S/C24H24B2N4O2/c1-14-9-22(6-5-20(14)31-2)10-17-4-3-16(18-7-15(11-27)12-29-13-18)8-19(17)23(22)24(25,26)32-21(28)30-23/h3-4,7-8,12-14,20H,5-6,9-10H2,1-2H3,(H2,28,30)/t14-,20-,22-,23-/m0/s1. The summed E-state index contributed by atoms with van der Waals surface area (Å²) in [6, 6.07) is 10.2. The number of nitriles is 1. The third-order valence-electron chi connectivity index (χ3n) is 7.67. The van der Waals surface area contributed by atoms with Crippen molar-refractivity contribution in [1.29, 1.82) is 5.26 Å². The summed E-state index contributed by atoms with van der Waals surface area (Å²) in [6.07, 6.45) is 6.84. The van der Waals surface area contributed by atoms with Gasteiger partial charge in [-0.1, -0.05) is 19.1 Å². The average molecular weight is 422 g/mol. The first-order valence-electron chi connectivity index (χ1n) is 10.9. The molecule has 1 aliphatic heterocycles. The third kappa shape index (κ3) is 2.77. The number of aliphatic imine (C=N–C) groups is 1. The maximum absolute atomic E-state index is 9.28. The number of hydrogen-bond donors (Lipinski definition) is 1. The second-order valence-corrected chi connectivity index (χ2v) is 9.45. The Labute approximate surface area is 191 Å². The highest BCUT2D eigenvalue weighted by atomic mass is 16.5. The summed E-state index contributed by atoms with van der Waals surface area (Å²) in [5.74, 6) is 0.309. The summed E-state index contributed by atoms with van der Waals surface area (Å²) in [7, 11) is 15.1. The molecule has 0 saturated heterocycles. The maximum atomic E-state index is 9.28. The number of rotatable bonds is 2. The van der Waals surface area contributed by atoms with Crippen molar-refractivity contribution >= 4 is 21.7 Å². The van der Waals surface area contributed by atoms with Crippen LogP contribution in [0.4, 0.5) is 0 Å². The Bertz CT molecular complexity index is 1160. The monoisotopic (exact) mass is 422 g/mol. The molecule has 2 N–H and O–H groups in total. The number of ether oxygens (including phenoxy) is 2. The first-order chi connectivity index (χ1) is 15.2. The van der Waals surface area contributed by atoms with Crippen LogP contribution in [0.2, 0.25) is 0 Å². The van der Waals surface area contributed by atoms with Crippen LogP contribution >= 0.6 is 0 Å². The first kappa shape index (κ1) is 21.1. The fourth-order valence-corrected chi connectivity index (χ4v) is 6.40. The molecule has 0 amide bonds. The van der Waals surface area contributed by atoms with Crippen LogP contribution in [0.5, 0.6) is 0 Å². The molecule has 3 aliphatic rings. The molecule has 2 aromatic rings. The smallest absolute Gasteiger partial charge is 0.281 e. The SMILES string of the molecule is [B]C1([B])OC(N)=N[C@]12c1cc(-c3cncc(C#N)c3)ccc1C[C@@]21CC[C@H](OC)[C@@H](C)C1. The molecule has 2 aliphatic carbocycles. The minimum Gasteiger partial charge on any atom is -0.476 e. The van der Waals surface area contributed by atoms with E-state index in [-0.39, 0.29) is 17.5 Å². The van der Waals surface area contributed by atoms with Crippen molar-refractivity contribution in [3.05, 3.63) is 53.3 Å². The number of fused-ring (bicyclic) bond motifs is 3. The topological polar surface area (TPSA) is 93.5 Å². The van der Waals surface area contributed by atoms with Gasteiger partial charge < -0.3 is 15.2 Å². The lowest BCUT2D eigenvalue weighted by Gasteiger charge is -2.53. The number of amidine groups is 1. The van der Waals surface area contributed by atoms with Crippen LogP contribution in [-0.2, 0) is 21.4 Å². The van der Waals surface area contributed by atoms with Gasteiger partial charge in [0.15, 0.2) is 0 Å². The summed E-state index contributed by atoms with van der Waals surface area (Å²) < 4.78 is 11.5. The molecule has 4 atom stereocenters. The van der Waals surface area contributed by atoms with Crippen LogP contribution in [-0.4, -0.2) is 45.3 Å². The van der Waals surface area contributed by atoms with Gasteiger partial charge in [0.2, 0.25) is 0 Å². The third-order valence-corrected chi connectivity index (χ3v) is 7.67. The van der Waals surface area contributed by atoms with E-state index in [0.29, 0.717) is 11.5 Å². The van der Waals surface area contributed by atoms with Crippen molar-refractivity contribution in [3.8, 4) is 17.2 Å². The number of nitrogens with zero attached hydrogens (tertiary/aromatic N) is 3. The van der Waals surface area contributed by atoms with E-state index in [1.165, 1.54) is 0 Å². The van der Waals surface area contributed by atoms with Crippen molar-refractivity contribution in [2.75, 3.05) is 7.11 Å². The van der Waals surface area contributed by atoms with E-state index in [1.54, 1.807) is 19.5 Å². The van der Waals surface area contributed by atoms with Gasteiger partial charge in [-0.05, 0) is 60.4 Å². The van der Waals surface area contributed by atoms with Crippen molar-refractivity contribution < 1.29 is 9.47 Å². The van der Waals surface area contributed by atoms with E-state index in [0.717, 1.165) is 47.9 Å². The lowest BCUT2D eigenvalue weighted by molar-refractivity contribution is -0.0559. The maximum Gasteiger partial charge on any atom is 0.281 e. The molecule has 2 heterocycles. The zero-order valence-electron chi connectivity index (χ0n) is 18.3. The Hall–Kier alpha value is -2.78. The van der Waals surface area contributed by atoms with Crippen LogP contribution < -0.4 is 5.73 Å². The van der Waals surface area contributed by atoms with Crippen molar-refractivity contribution in [1.82, 2.24) is 4.98 Å². The molecule has 158 valence electrons. The number of methoxy groups -OCH3 is 1. The summed E-state index contributed by atoms with van der Waals surface area (Å²) >= 11 is 0. The van der Waals surface area contributed by atoms with Crippen LogP contribution in [0.25, 0.3) is 11.1 Å².